The molecule has 0 atom stereocenters. The van der Waals surface area contributed by atoms with Crippen LogP contribution >= 0.6 is 15.9 Å². The number of ether oxygens (including phenoxy) is 1. The lowest BCUT2D eigenvalue weighted by molar-refractivity contribution is -0.137. The van der Waals surface area contributed by atoms with Gasteiger partial charge in [-0.15, -0.1) is 0 Å². The molecule has 4 N–H and O–H groups in total. The van der Waals surface area contributed by atoms with Gasteiger partial charge in [0.2, 0.25) is 0 Å². The van der Waals surface area contributed by atoms with Crippen molar-refractivity contribution in [3.05, 3.63) is 58.1 Å². The summed E-state index contributed by atoms with van der Waals surface area (Å²) < 4.78 is 46.2. The zero-order valence-corrected chi connectivity index (χ0v) is 21.5. The molecule has 1 amide bonds. The Morgan fingerprint density at radius 3 is 2.49 bits per heavy atom. The molecule has 4 rings (SSSR count). The summed E-state index contributed by atoms with van der Waals surface area (Å²) in [4.78, 5) is 15.4. The molecule has 0 spiro atoms. The smallest absolute Gasteiger partial charge is 0.416 e. The van der Waals surface area contributed by atoms with Crippen LogP contribution in [-0.4, -0.2) is 70.2 Å². The second-order valence-electron chi connectivity index (χ2n) is 7.82. The summed E-state index contributed by atoms with van der Waals surface area (Å²) in [6.07, 6.45) is -2.83. The summed E-state index contributed by atoms with van der Waals surface area (Å²) in [6, 6.07) is 7.35. The Labute approximate surface area is 219 Å². The number of carboxylic acid groups (broad SMARTS) is 1. The number of amides is 1. The molecule has 1 aromatic carbocycles. The third-order valence-corrected chi connectivity index (χ3v) is 5.77. The van der Waals surface area contributed by atoms with Gasteiger partial charge in [0.05, 0.1) is 21.9 Å². The number of hydrogen-bond donors (Lipinski definition) is 3. The van der Waals surface area contributed by atoms with Gasteiger partial charge in [-0.25, -0.2) is 4.79 Å². The van der Waals surface area contributed by atoms with E-state index in [1.807, 2.05) is 0 Å². The molecular weight excluding hydrogens is 559 g/mol. The Morgan fingerprint density at radius 2 is 1.97 bits per heavy atom. The van der Waals surface area contributed by atoms with E-state index in [0.29, 0.717) is 43.2 Å². The largest absolute Gasteiger partial charge is 0.492 e. The fraction of sp³-hybridized carbons (Fsp3) is 0.348. The van der Waals surface area contributed by atoms with E-state index in [-0.39, 0.29) is 5.82 Å². The van der Waals surface area contributed by atoms with Crippen LogP contribution in [0.3, 0.4) is 0 Å². The average Bonchev–Trinajstić information content (AvgIpc) is 3.21. The number of rotatable bonds is 6. The van der Waals surface area contributed by atoms with Crippen molar-refractivity contribution < 1.29 is 27.8 Å². The van der Waals surface area contributed by atoms with Crippen molar-refractivity contribution >= 4 is 33.5 Å². The van der Waals surface area contributed by atoms with Gasteiger partial charge in [0.1, 0.15) is 12.4 Å². The predicted octanol–water partition coefficient (Wildman–Crippen LogP) is 4.51. The SMILES string of the molecule is Cn1ncc(Br)c1-c1cc([N-]c2ccc(C(F)(F)F)cn2)ccc1OCCN.O=C(O)N1CCNCC1. The molecule has 37 heavy (non-hydrogen) atoms. The number of nitrogens with two attached hydrogens (primary N) is 1. The molecule has 1 aliphatic rings. The van der Waals surface area contributed by atoms with Crippen LogP contribution in [0.25, 0.3) is 16.6 Å². The van der Waals surface area contributed by atoms with Crippen LogP contribution in [0.15, 0.2) is 47.2 Å². The van der Waals surface area contributed by atoms with Crippen molar-refractivity contribution in [2.75, 3.05) is 39.3 Å². The average molecular weight is 585 g/mol. The number of alkyl halides is 3. The van der Waals surface area contributed by atoms with Crippen LogP contribution in [0.5, 0.6) is 5.75 Å². The van der Waals surface area contributed by atoms with Gasteiger partial charge in [-0.3, -0.25) is 4.68 Å². The fourth-order valence-corrected chi connectivity index (χ4v) is 3.95. The van der Waals surface area contributed by atoms with Crippen LogP contribution < -0.4 is 15.8 Å². The molecule has 1 fully saturated rings. The summed E-state index contributed by atoms with van der Waals surface area (Å²) in [5, 5.41) is 20.0. The molecule has 0 saturated carbocycles. The third-order valence-electron chi connectivity index (χ3n) is 5.19. The number of benzene rings is 1. The Bertz CT molecular complexity index is 1160. The Balaban J connectivity index is 0.000000356. The molecular formula is C23H26BrF3N7O3-. The normalized spacial score (nSPS) is 13.5. The first-order chi connectivity index (χ1) is 17.6. The van der Waals surface area contributed by atoms with E-state index in [9.17, 15) is 18.0 Å². The van der Waals surface area contributed by atoms with E-state index in [2.05, 4.69) is 36.6 Å². The summed E-state index contributed by atoms with van der Waals surface area (Å²) in [7, 11) is 1.79. The van der Waals surface area contributed by atoms with Gasteiger partial charge in [0.15, 0.2) is 0 Å². The topological polar surface area (TPSA) is 133 Å². The number of nitrogens with zero attached hydrogens (tertiary/aromatic N) is 5. The number of aryl methyl sites for hydroxylation is 1. The lowest BCUT2D eigenvalue weighted by atomic mass is 10.1. The molecule has 3 aromatic rings. The molecule has 200 valence electrons. The van der Waals surface area contributed by atoms with Crippen molar-refractivity contribution in [2.45, 2.75) is 6.18 Å². The molecule has 0 unspecified atom stereocenters. The highest BCUT2D eigenvalue weighted by Gasteiger charge is 2.29. The number of piperazine rings is 1. The minimum absolute atomic E-state index is 0.165. The Hall–Kier alpha value is -3.36. The minimum atomic E-state index is -4.44. The van der Waals surface area contributed by atoms with Gasteiger partial charge >= 0.3 is 12.3 Å². The maximum atomic E-state index is 12.7. The maximum Gasteiger partial charge on any atom is 0.416 e. The molecule has 2 aromatic heterocycles. The first-order valence-corrected chi connectivity index (χ1v) is 12.0. The highest BCUT2D eigenvalue weighted by Crippen LogP contribution is 2.40. The third kappa shape index (κ3) is 7.81. The highest BCUT2D eigenvalue weighted by atomic mass is 79.9. The van der Waals surface area contributed by atoms with Gasteiger partial charge in [-0.1, -0.05) is 30.2 Å². The van der Waals surface area contributed by atoms with Crippen LogP contribution in [0.2, 0.25) is 0 Å². The molecule has 3 heterocycles. The van der Waals surface area contributed by atoms with E-state index in [4.69, 9.17) is 15.6 Å². The minimum Gasteiger partial charge on any atom is -0.492 e. The fourth-order valence-electron chi connectivity index (χ4n) is 3.39. The van der Waals surface area contributed by atoms with Crippen LogP contribution in [0.1, 0.15) is 5.56 Å². The van der Waals surface area contributed by atoms with Crippen molar-refractivity contribution in [3.8, 4) is 17.0 Å². The number of hydrogen-bond acceptors (Lipinski definition) is 6. The van der Waals surface area contributed by atoms with Gasteiger partial charge in [0, 0.05) is 45.3 Å². The molecule has 1 saturated heterocycles. The second kappa shape index (κ2) is 12.7. The molecule has 0 radical (unpaired) electrons. The number of pyridine rings is 1. The van der Waals surface area contributed by atoms with E-state index < -0.39 is 17.8 Å². The van der Waals surface area contributed by atoms with Crippen molar-refractivity contribution in [1.82, 2.24) is 25.0 Å². The lowest BCUT2D eigenvalue weighted by Crippen LogP contribution is -2.45. The monoisotopic (exact) mass is 584 g/mol. The number of halogens is 4. The number of aromatic nitrogens is 3. The number of nitrogens with one attached hydrogen (secondary N) is 1. The van der Waals surface area contributed by atoms with Crippen LogP contribution in [0.4, 0.5) is 29.5 Å². The van der Waals surface area contributed by atoms with Crippen molar-refractivity contribution in [1.29, 1.82) is 0 Å². The summed E-state index contributed by atoms with van der Waals surface area (Å²) in [6.45, 7) is 3.50. The summed E-state index contributed by atoms with van der Waals surface area (Å²) in [5.74, 6) is 0.757. The lowest BCUT2D eigenvalue weighted by Gasteiger charge is -2.23. The van der Waals surface area contributed by atoms with Gasteiger partial charge in [-0.05, 0) is 33.8 Å². The molecule has 0 bridgehead atoms. The van der Waals surface area contributed by atoms with Crippen molar-refractivity contribution in [3.63, 3.8) is 0 Å². The van der Waals surface area contributed by atoms with E-state index in [0.717, 1.165) is 35.5 Å². The van der Waals surface area contributed by atoms with Gasteiger partial charge in [0.25, 0.3) is 0 Å². The Morgan fingerprint density at radius 1 is 1.24 bits per heavy atom. The molecule has 1 aliphatic heterocycles. The predicted molar refractivity (Wildman–Crippen MR) is 135 cm³/mol. The number of carbonyl (C=O) groups is 1. The van der Waals surface area contributed by atoms with Gasteiger partial charge < -0.3 is 36.1 Å². The van der Waals surface area contributed by atoms with Crippen LogP contribution in [0, 0.1) is 0 Å². The zero-order valence-electron chi connectivity index (χ0n) is 19.9. The molecule has 0 aliphatic carbocycles. The van der Waals surface area contributed by atoms with E-state index >= 15 is 0 Å². The van der Waals surface area contributed by atoms with Gasteiger partial charge in [-0.2, -0.15) is 18.3 Å². The standard InChI is InChI=1S/C18H16BrF3N5O.C5H10N2O2/c1-27-17(14(19)10-25-27)13-8-12(3-4-15(13)28-7-6-23)26-16-5-2-11(9-24-16)18(20,21)22;8-5(9)7-3-1-6-2-4-7/h2-5,8-10H,6-7,23H2,1H3;6H,1-4H2,(H,8,9)/q-1;. The maximum absolute atomic E-state index is 12.7. The summed E-state index contributed by atoms with van der Waals surface area (Å²) in [5.41, 5.74) is 6.69. The Kier molecular flexibility index (Phi) is 9.72. The quantitative estimate of drug-likeness (QED) is 0.388. The molecule has 10 nitrogen and oxygen atoms in total. The van der Waals surface area contributed by atoms with E-state index in [1.54, 1.807) is 36.1 Å². The summed E-state index contributed by atoms with van der Waals surface area (Å²) >= 11 is 3.46. The van der Waals surface area contributed by atoms with E-state index in [1.165, 1.54) is 11.0 Å². The first kappa shape index (κ1) is 28.2. The molecule has 14 heteroatoms. The first-order valence-electron chi connectivity index (χ1n) is 11.2. The van der Waals surface area contributed by atoms with Crippen LogP contribution in [-0.2, 0) is 13.2 Å². The zero-order chi connectivity index (χ0) is 27.0. The second-order valence-corrected chi connectivity index (χ2v) is 8.67. The highest BCUT2D eigenvalue weighted by molar-refractivity contribution is 9.10. The van der Waals surface area contributed by atoms with Crippen molar-refractivity contribution in [2.24, 2.45) is 12.8 Å².